The summed E-state index contributed by atoms with van der Waals surface area (Å²) < 4.78 is 15.1. The van der Waals surface area contributed by atoms with Crippen LogP contribution >= 0.6 is 11.3 Å². The minimum Gasteiger partial charge on any atom is -0.310 e. The SMILES string of the molecule is Cc1c(C#N)c(NC(=O)CN[C@H](C)c2csc(C(C)C)n2)n(-c2ccc(F)cc2)c1C. The third-order valence-corrected chi connectivity index (χ3v) is 6.38. The second-order valence-corrected chi connectivity index (χ2v) is 8.66. The zero-order chi connectivity index (χ0) is 22.7. The average molecular weight is 440 g/mol. The number of halogens is 1. The van der Waals surface area contributed by atoms with Crippen molar-refractivity contribution in [3.8, 4) is 11.8 Å². The highest BCUT2D eigenvalue weighted by molar-refractivity contribution is 7.09. The van der Waals surface area contributed by atoms with E-state index >= 15 is 0 Å². The average Bonchev–Trinajstić information content (AvgIpc) is 3.32. The summed E-state index contributed by atoms with van der Waals surface area (Å²) in [5.74, 6) is 0.129. The fourth-order valence-corrected chi connectivity index (χ4v) is 4.19. The Labute approximate surface area is 185 Å². The lowest BCUT2D eigenvalue weighted by atomic mass is 10.2. The van der Waals surface area contributed by atoms with Crippen LogP contribution in [0.1, 0.15) is 60.3 Å². The number of amides is 1. The number of thiazole rings is 1. The molecule has 0 aliphatic heterocycles. The number of carbonyl (C=O) groups is 1. The van der Waals surface area contributed by atoms with E-state index in [1.165, 1.54) is 12.1 Å². The van der Waals surface area contributed by atoms with Gasteiger partial charge in [-0.1, -0.05) is 13.8 Å². The van der Waals surface area contributed by atoms with Gasteiger partial charge in [-0.2, -0.15) is 5.26 Å². The molecule has 0 bridgehead atoms. The number of nitriles is 1. The predicted octanol–water partition coefficient (Wildman–Crippen LogP) is 4.97. The van der Waals surface area contributed by atoms with E-state index in [4.69, 9.17) is 0 Å². The van der Waals surface area contributed by atoms with Crippen LogP contribution in [-0.4, -0.2) is 22.0 Å². The van der Waals surface area contributed by atoms with E-state index in [0.29, 0.717) is 23.0 Å². The predicted molar refractivity (Wildman–Crippen MR) is 121 cm³/mol. The summed E-state index contributed by atoms with van der Waals surface area (Å²) >= 11 is 1.61. The molecule has 162 valence electrons. The molecule has 31 heavy (non-hydrogen) atoms. The third kappa shape index (κ3) is 4.84. The van der Waals surface area contributed by atoms with Crippen molar-refractivity contribution in [1.82, 2.24) is 14.9 Å². The van der Waals surface area contributed by atoms with E-state index in [1.54, 1.807) is 28.0 Å². The first-order chi connectivity index (χ1) is 14.7. The molecule has 2 aromatic heterocycles. The smallest absolute Gasteiger partial charge is 0.239 e. The minimum atomic E-state index is -0.350. The lowest BCUT2D eigenvalue weighted by Crippen LogP contribution is -2.31. The van der Waals surface area contributed by atoms with Crippen LogP contribution in [0.3, 0.4) is 0 Å². The Kier molecular flexibility index (Phi) is 6.88. The molecule has 2 N–H and O–H groups in total. The lowest BCUT2D eigenvalue weighted by Gasteiger charge is -2.15. The van der Waals surface area contributed by atoms with Crippen molar-refractivity contribution >= 4 is 23.1 Å². The van der Waals surface area contributed by atoms with Gasteiger partial charge in [-0.15, -0.1) is 11.3 Å². The number of anilines is 1. The molecule has 1 atom stereocenters. The number of aromatic nitrogens is 2. The molecule has 0 fully saturated rings. The van der Waals surface area contributed by atoms with Gasteiger partial charge in [-0.25, -0.2) is 9.37 Å². The number of carbonyl (C=O) groups excluding carboxylic acids is 1. The molecule has 0 unspecified atom stereocenters. The zero-order valence-corrected chi connectivity index (χ0v) is 19.1. The Hall–Kier alpha value is -3.02. The molecule has 0 saturated carbocycles. The molecule has 3 aromatic rings. The van der Waals surface area contributed by atoms with Gasteiger partial charge in [0.1, 0.15) is 17.7 Å². The first-order valence-corrected chi connectivity index (χ1v) is 11.0. The summed E-state index contributed by atoms with van der Waals surface area (Å²) in [5, 5.41) is 18.8. The van der Waals surface area contributed by atoms with Gasteiger partial charge in [0, 0.05) is 28.7 Å². The maximum Gasteiger partial charge on any atom is 0.239 e. The Morgan fingerprint density at radius 2 is 1.94 bits per heavy atom. The van der Waals surface area contributed by atoms with Crippen LogP contribution in [0, 0.1) is 31.0 Å². The van der Waals surface area contributed by atoms with E-state index in [1.807, 2.05) is 26.2 Å². The normalized spacial score (nSPS) is 12.1. The van der Waals surface area contributed by atoms with Crippen LogP contribution in [-0.2, 0) is 4.79 Å². The third-order valence-electron chi connectivity index (χ3n) is 5.21. The topological polar surface area (TPSA) is 82.7 Å². The van der Waals surface area contributed by atoms with Crippen LogP contribution in [0.5, 0.6) is 0 Å². The summed E-state index contributed by atoms with van der Waals surface area (Å²) in [5.41, 5.74) is 3.55. The lowest BCUT2D eigenvalue weighted by molar-refractivity contribution is -0.115. The molecule has 8 heteroatoms. The van der Waals surface area contributed by atoms with Gasteiger partial charge < -0.3 is 10.6 Å². The van der Waals surface area contributed by atoms with Crippen LogP contribution in [0.25, 0.3) is 5.69 Å². The van der Waals surface area contributed by atoms with Crippen molar-refractivity contribution in [3.05, 3.63) is 63.0 Å². The van der Waals surface area contributed by atoms with Crippen LogP contribution in [0.2, 0.25) is 0 Å². The zero-order valence-electron chi connectivity index (χ0n) is 18.3. The number of rotatable bonds is 7. The van der Waals surface area contributed by atoms with Crippen molar-refractivity contribution in [1.29, 1.82) is 5.26 Å². The molecule has 3 rings (SSSR count). The maximum absolute atomic E-state index is 13.4. The molecule has 0 radical (unpaired) electrons. The number of hydrogen-bond donors (Lipinski definition) is 2. The van der Waals surface area contributed by atoms with Gasteiger partial charge in [0.25, 0.3) is 0 Å². The summed E-state index contributed by atoms with van der Waals surface area (Å²) in [4.78, 5) is 17.3. The van der Waals surface area contributed by atoms with Crippen molar-refractivity contribution in [3.63, 3.8) is 0 Å². The Morgan fingerprint density at radius 1 is 1.26 bits per heavy atom. The molecule has 0 aliphatic carbocycles. The molecule has 0 spiro atoms. The van der Waals surface area contributed by atoms with E-state index in [-0.39, 0.29) is 24.3 Å². The van der Waals surface area contributed by atoms with Crippen molar-refractivity contribution < 1.29 is 9.18 Å². The molecule has 0 saturated heterocycles. The molecule has 0 aliphatic rings. The van der Waals surface area contributed by atoms with Crippen molar-refractivity contribution in [2.24, 2.45) is 0 Å². The van der Waals surface area contributed by atoms with E-state index in [0.717, 1.165) is 22.0 Å². The van der Waals surface area contributed by atoms with E-state index in [9.17, 15) is 14.4 Å². The second-order valence-electron chi connectivity index (χ2n) is 7.77. The Morgan fingerprint density at radius 3 is 2.52 bits per heavy atom. The summed E-state index contributed by atoms with van der Waals surface area (Å²) in [6, 6.07) is 8.03. The van der Waals surface area contributed by atoms with Gasteiger partial charge in [-0.05, 0) is 50.6 Å². The van der Waals surface area contributed by atoms with Gasteiger partial charge in [0.2, 0.25) is 5.91 Å². The van der Waals surface area contributed by atoms with Crippen LogP contribution in [0.4, 0.5) is 10.2 Å². The number of hydrogen-bond acceptors (Lipinski definition) is 5. The summed E-state index contributed by atoms with van der Waals surface area (Å²) in [6.07, 6.45) is 0. The highest BCUT2D eigenvalue weighted by atomic mass is 32.1. The molecular weight excluding hydrogens is 413 g/mol. The van der Waals surface area contributed by atoms with E-state index in [2.05, 4.69) is 35.5 Å². The summed E-state index contributed by atoms with van der Waals surface area (Å²) in [7, 11) is 0. The Balaban J connectivity index is 1.78. The fourth-order valence-electron chi connectivity index (χ4n) is 3.27. The number of nitrogens with one attached hydrogen (secondary N) is 2. The van der Waals surface area contributed by atoms with Crippen molar-refractivity contribution in [2.45, 2.75) is 46.6 Å². The Bertz CT molecular complexity index is 1120. The monoisotopic (exact) mass is 439 g/mol. The standard InChI is InChI=1S/C23H26FN5OS/c1-13(2)23-27-20(12-31-23)15(4)26-11-21(30)28-22-19(10-25)14(3)16(5)29(22)18-8-6-17(24)7-9-18/h6-9,12-13,15,26H,11H2,1-5H3,(H,28,30)/t15-/m1/s1. The highest BCUT2D eigenvalue weighted by Crippen LogP contribution is 2.30. The van der Waals surface area contributed by atoms with Crippen molar-refractivity contribution in [2.75, 3.05) is 11.9 Å². The van der Waals surface area contributed by atoms with Gasteiger partial charge >= 0.3 is 0 Å². The first kappa shape index (κ1) is 22.7. The number of benzene rings is 1. The molecule has 6 nitrogen and oxygen atoms in total. The highest BCUT2D eigenvalue weighted by Gasteiger charge is 2.21. The molecule has 2 heterocycles. The quantitative estimate of drug-likeness (QED) is 0.544. The summed E-state index contributed by atoms with van der Waals surface area (Å²) in [6.45, 7) is 9.92. The molecule has 1 aromatic carbocycles. The van der Waals surface area contributed by atoms with Crippen LogP contribution in [0.15, 0.2) is 29.6 Å². The van der Waals surface area contributed by atoms with Gasteiger partial charge in [0.05, 0.1) is 22.8 Å². The molecular formula is C23H26FN5OS. The van der Waals surface area contributed by atoms with E-state index < -0.39 is 0 Å². The molecule has 1 amide bonds. The fraction of sp³-hybridized carbons (Fsp3) is 0.348. The van der Waals surface area contributed by atoms with Gasteiger partial charge in [-0.3, -0.25) is 9.36 Å². The number of nitrogens with zero attached hydrogens (tertiary/aromatic N) is 3. The second kappa shape index (κ2) is 9.41. The largest absolute Gasteiger partial charge is 0.310 e. The maximum atomic E-state index is 13.4. The van der Waals surface area contributed by atoms with Gasteiger partial charge in [0.15, 0.2) is 0 Å². The minimum absolute atomic E-state index is 0.0628. The van der Waals surface area contributed by atoms with Crippen LogP contribution < -0.4 is 10.6 Å². The first-order valence-electron chi connectivity index (χ1n) is 10.1.